The summed E-state index contributed by atoms with van der Waals surface area (Å²) in [7, 11) is 0. The van der Waals surface area contributed by atoms with Gasteiger partial charge in [-0.15, -0.1) is 23.7 Å². The molecule has 0 bridgehead atoms. The molecule has 0 spiro atoms. The van der Waals surface area contributed by atoms with Crippen LogP contribution in [-0.2, 0) is 6.18 Å². The quantitative estimate of drug-likeness (QED) is 0.838. The third-order valence-electron chi connectivity index (χ3n) is 3.25. The fourth-order valence-electron chi connectivity index (χ4n) is 2.25. The summed E-state index contributed by atoms with van der Waals surface area (Å²) in [5.41, 5.74) is -0.580. The molecule has 2 N–H and O–H groups in total. The highest BCUT2D eigenvalue weighted by molar-refractivity contribution is 7.19. The molecule has 0 radical (unpaired) electrons. The van der Waals surface area contributed by atoms with Crippen molar-refractivity contribution in [1.29, 1.82) is 0 Å². The molecular formula is C13H14ClF3N2S. The van der Waals surface area contributed by atoms with E-state index in [1.165, 1.54) is 17.4 Å². The van der Waals surface area contributed by atoms with E-state index in [1.807, 2.05) is 6.07 Å². The summed E-state index contributed by atoms with van der Waals surface area (Å²) in [5, 5.41) is 7.52. The zero-order valence-corrected chi connectivity index (χ0v) is 12.1. The number of hydrogen-bond donors (Lipinski definition) is 2. The minimum absolute atomic E-state index is 0. The lowest BCUT2D eigenvalue weighted by Gasteiger charge is -2.23. The summed E-state index contributed by atoms with van der Waals surface area (Å²) < 4.78 is 38.7. The minimum Gasteiger partial charge on any atom is -0.314 e. The number of nitrogens with one attached hydrogen (secondary N) is 2. The van der Waals surface area contributed by atoms with E-state index in [4.69, 9.17) is 0 Å². The molecule has 7 heteroatoms. The summed E-state index contributed by atoms with van der Waals surface area (Å²) in [6.07, 6.45) is -4.27. The molecule has 1 saturated heterocycles. The number of fused-ring (bicyclic) bond motifs is 1. The van der Waals surface area contributed by atoms with Gasteiger partial charge in [-0.2, -0.15) is 13.2 Å². The first-order chi connectivity index (χ1) is 9.04. The Bertz CT molecular complexity index is 591. The van der Waals surface area contributed by atoms with Gasteiger partial charge in [0, 0.05) is 29.2 Å². The second kappa shape index (κ2) is 5.89. The maximum atomic E-state index is 12.7. The van der Waals surface area contributed by atoms with Crippen molar-refractivity contribution in [2.24, 2.45) is 0 Å². The average molecular weight is 323 g/mol. The van der Waals surface area contributed by atoms with Crippen LogP contribution in [0.15, 0.2) is 24.3 Å². The highest BCUT2D eigenvalue weighted by Crippen LogP contribution is 2.35. The standard InChI is InChI=1S/C13H13F3N2S.ClH/c14-13(15,16)9-2-1-8-5-12(19-11(8)6-9)10-7-17-3-4-18-10;/h1-2,5-6,10,17-18H,3-4,7H2;1H. The second-order valence-corrected chi connectivity index (χ2v) is 5.73. The Morgan fingerprint density at radius 3 is 2.60 bits per heavy atom. The van der Waals surface area contributed by atoms with Crippen LogP contribution in [0, 0.1) is 0 Å². The van der Waals surface area contributed by atoms with Gasteiger partial charge in [0.2, 0.25) is 0 Å². The third kappa shape index (κ3) is 3.09. The molecular weight excluding hydrogens is 309 g/mol. The van der Waals surface area contributed by atoms with E-state index in [2.05, 4.69) is 10.6 Å². The van der Waals surface area contributed by atoms with Gasteiger partial charge in [-0.25, -0.2) is 0 Å². The third-order valence-corrected chi connectivity index (χ3v) is 4.46. The molecule has 1 unspecified atom stereocenters. The molecule has 0 saturated carbocycles. The molecule has 2 aromatic rings. The number of piperazine rings is 1. The van der Waals surface area contributed by atoms with Gasteiger partial charge in [0.05, 0.1) is 11.6 Å². The Balaban J connectivity index is 0.00000147. The SMILES string of the molecule is Cl.FC(F)(F)c1ccc2cc(C3CNCCN3)sc2c1. The van der Waals surface area contributed by atoms with E-state index in [1.54, 1.807) is 6.07 Å². The van der Waals surface area contributed by atoms with E-state index < -0.39 is 11.7 Å². The van der Waals surface area contributed by atoms with Crippen LogP contribution in [0.2, 0.25) is 0 Å². The lowest BCUT2D eigenvalue weighted by Crippen LogP contribution is -2.42. The first-order valence-corrected chi connectivity index (χ1v) is 6.90. The van der Waals surface area contributed by atoms with Crippen LogP contribution in [0.5, 0.6) is 0 Å². The predicted molar refractivity (Wildman–Crippen MR) is 77.7 cm³/mol. The van der Waals surface area contributed by atoms with Crippen molar-refractivity contribution in [3.05, 3.63) is 34.7 Å². The molecule has 1 aliphatic heterocycles. The van der Waals surface area contributed by atoms with E-state index in [-0.39, 0.29) is 18.4 Å². The number of rotatable bonds is 1. The highest BCUT2D eigenvalue weighted by Gasteiger charge is 2.30. The maximum Gasteiger partial charge on any atom is 0.416 e. The summed E-state index contributed by atoms with van der Waals surface area (Å²) >= 11 is 1.43. The maximum absolute atomic E-state index is 12.7. The van der Waals surface area contributed by atoms with Crippen molar-refractivity contribution in [2.75, 3.05) is 19.6 Å². The molecule has 2 nitrogen and oxygen atoms in total. The van der Waals surface area contributed by atoms with Gasteiger partial charge < -0.3 is 10.6 Å². The molecule has 3 rings (SSSR count). The average Bonchev–Trinajstić information content (AvgIpc) is 2.81. The van der Waals surface area contributed by atoms with Crippen molar-refractivity contribution < 1.29 is 13.2 Å². The van der Waals surface area contributed by atoms with Crippen LogP contribution in [0.1, 0.15) is 16.5 Å². The Morgan fingerprint density at radius 1 is 1.15 bits per heavy atom. The molecule has 1 aromatic carbocycles. The van der Waals surface area contributed by atoms with E-state index >= 15 is 0 Å². The summed E-state index contributed by atoms with van der Waals surface area (Å²) in [4.78, 5) is 1.08. The van der Waals surface area contributed by atoms with E-state index in [9.17, 15) is 13.2 Å². The lowest BCUT2D eigenvalue weighted by molar-refractivity contribution is -0.137. The number of hydrogen-bond acceptors (Lipinski definition) is 3. The Hall–Kier alpha value is -0.820. The van der Waals surface area contributed by atoms with Gasteiger partial charge in [0.15, 0.2) is 0 Å². The van der Waals surface area contributed by atoms with Crippen LogP contribution in [0.3, 0.4) is 0 Å². The van der Waals surface area contributed by atoms with Crippen LogP contribution in [0.25, 0.3) is 10.1 Å². The molecule has 1 aliphatic rings. The number of halogens is 4. The van der Waals surface area contributed by atoms with Crippen LogP contribution in [-0.4, -0.2) is 19.6 Å². The Morgan fingerprint density at radius 2 is 1.95 bits per heavy atom. The molecule has 0 amide bonds. The van der Waals surface area contributed by atoms with Gasteiger partial charge in [-0.1, -0.05) is 6.07 Å². The van der Waals surface area contributed by atoms with Gasteiger partial charge in [0.1, 0.15) is 0 Å². The molecule has 110 valence electrons. The van der Waals surface area contributed by atoms with Gasteiger partial charge in [-0.3, -0.25) is 0 Å². The summed E-state index contributed by atoms with van der Waals surface area (Å²) in [6.45, 7) is 2.63. The fraction of sp³-hybridized carbons (Fsp3) is 0.385. The van der Waals surface area contributed by atoms with Gasteiger partial charge >= 0.3 is 6.18 Å². The van der Waals surface area contributed by atoms with Crippen molar-refractivity contribution in [3.8, 4) is 0 Å². The molecule has 20 heavy (non-hydrogen) atoms. The van der Waals surface area contributed by atoms with E-state index in [0.717, 1.165) is 36.0 Å². The highest BCUT2D eigenvalue weighted by atomic mass is 35.5. The van der Waals surface area contributed by atoms with Crippen LogP contribution in [0.4, 0.5) is 13.2 Å². The van der Waals surface area contributed by atoms with Crippen molar-refractivity contribution >= 4 is 33.8 Å². The molecule has 1 atom stereocenters. The summed E-state index contributed by atoms with van der Waals surface area (Å²) in [5.74, 6) is 0. The normalized spacial score (nSPS) is 19.9. The largest absolute Gasteiger partial charge is 0.416 e. The zero-order chi connectivity index (χ0) is 13.5. The monoisotopic (exact) mass is 322 g/mol. The predicted octanol–water partition coefficient (Wildman–Crippen LogP) is 3.58. The van der Waals surface area contributed by atoms with Gasteiger partial charge in [-0.05, 0) is 23.6 Å². The van der Waals surface area contributed by atoms with Crippen molar-refractivity contribution in [1.82, 2.24) is 10.6 Å². The molecule has 1 fully saturated rings. The van der Waals surface area contributed by atoms with Crippen molar-refractivity contribution in [2.45, 2.75) is 12.2 Å². The number of benzene rings is 1. The number of alkyl halides is 3. The first-order valence-electron chi connectivity index (χ1n) is 6.09. The fourth-order valence-corrected chi connectivity index (χ4v) is 3.43. The molecule has 1 aromatic heterocycles. The first kappa shape index (κ1) is 15.6. The Labute approximate surface area is 124 Å². The number of thiophene rings is 1. The second-order valence-electron chi connectivity index (χ2n) is 4.61. The topological polar surface area (TPSA) is 24.1 Å². The molecule has 0 aliphatic carbocycles. The molecule has 2 heterocycles. The Kier molecular flexibility index (Phi) is 4.59. The van der Waals surface area contributed by atoms with Crippen LogP contribution < -0.4 is 10.6 Å². The summed E-state index contributed by atoms with van der Waals surface area (Å²) in [6, 6.07) is 6.10. The minimum atomic E-state index is -4.27. The zero-order valence-electron chi connectivity index (χ0n) is 10.5. The smallest absolute Gasteiger partial charge is 0.314 e. The van der Waals surface area contributed by atoms with Gasteiger partial charge in [0.25, 0.3) is 0 Å². The van der Waals surface area contributed by atoms with Crippen LogP contribution >= 0.6 is 23.7 Å². The van der Waals surface area contributed by atoms with Crippen molar-refractivity contribution in [3.63, 3.8) is 0 Å². The lowest BCUT2D eigenvalue weighted by atomic mass is 10.1. The van der Waals surface area contributed by atoms with E-state index in [0.29, 0.717) is 4.70 Å².